The van der Waals surface area contributed by atoms with E-state index in [-0.39, 0.29) is 25.3 Å². The van der Waals surface area contributed by atoms with Gasteiger partial charge >= 0.3 is 5.97 Å². The highest BCUT2D eigenvalue weighted by molar-refractivity contribution is 5.92. The van der Waals surface area contributed by atoms with Crippen LogP contribution in [0, 0.1) is 5.92 Å². The predicted molar refractivity (Wildman–Crippen MR) is 104 cm³/mol. The van der Waals surface area contributed by atoms with E-state index in [9.17, 15) is 19.5 Å². The second-order valence-corrected chi connectivity index (χ2v) is 7.22. The maximum atomic E-state index is 12.7. The number of aromatic nitrogens is 1. The average molecular weight is 395 g/mol. The largest absolute Gasteiger partial charge is 0.480 e. The molecule has 4 rings (SSSR count). The van der Waals surface area contributed by atoms with Crippen molar-refractivity contribution in [3.8, 4) is 0 Å². The van der Waals surface area contributed by atoms with Gasteiger partial charge in [0.05, 0.1) is 18.7 Å². The number of nitrogens with one attached hydrogen (secondary N) is 2. The van der Waals surface area contributed by atoms with Crippen LogP contribution in [0.2, 0.25) is 0 Å². The fourth-order valence-corrected chi connectivity index (χ4v) is 3.70. The Morgan fingerprint density at radius 3 is 2.86 bits per heavy atom. The lowest BCUT2D eigenvalue weighted by molar-refractivity contribution is -0.142. The summed E-state index contributed by atoms with van der Waals surface area (Å²) < 4.78 is 5.25. The third kappa shape index (κ3) is 4.01. The van der Waals surface area contributed by atoms with Gasteiger partial charge in [0.2, 0.25) is 11.8 Å². The lowest BCUT2D eigenvalue weighted by atomic mass is 10.0. The van der Waals surface area contributed by atoms with Gasteiger partial charge in [-0.1, -0.05) is 18.2 Å². The van der Waals surface area contributed by atoms with E-state index in [2.05, 4.69) is 10.3 Å². The highest BCUT2D eigenvalue weighted by Crippen LogP contribution is 2.22. The maximum Gasteiger partial charge on any atom is 0.326 e. The van der Waals surface area contributed by atoms with Crippen LogP contribution in [0.5, 0.6) is 0 Å². The normalized spacial score (nSPS) is 17.6. The van der Waals surface area contributed by atoms with Crippen molar-refractivity contribution in [2.75, 3.05) is 6.54 Å². The van der Waals surface area contributed by atoms with Gasteiger partial charge in [0.1, 0.15) is 11.8 Å². The van der Waals surface area contributed by atoms with Crippen LogP contribution < -0.4 is 5.32 Å². The molecule has 0 bridgehead atoms. The number of hydrogen-bond donors (Lipinski definition) is 3. The zero-order valence-electron chi connectivity index (χ0n) is 15.6. The zero-order valence-corrected chi connectivity index (χ0v) is 15.6. The molecule has 1 saturated heterocycles. The summed E-state index contributed by atoms with van der Waals surface area (Å²) >= 11 is 0. The lowest BCUT2D eigenvalue weighted by Gasteiger charge is -2.18. The van der Waals surface area contributed by atoms with Gasteiger partial charge < -0.3 is 24.7 Å². The Morgan fingerprint density at radius 2 is 2.10 bits per heavy atom. The maximum absolute atomic E-state index is 12.7. The van der Waals surface area contributed by atoms with Crippen molar-refractivity contribution < 1.29 is 23.9 Å². The molecule has 0 spiro atoms. The smallest absolute Gasteiger partial charge is 0.326 e. The van der Waals surface area contributed by atoms with Crippen LogP contribution >= 0.6 is 0 Å². The van der Waals surface area contributed by atoms with Crippen LogP contribution in [0.15, 0.2) is 53.3 Å². The molecule has 2 amide bonds. The van der Waals surface area contributed by atoms with Crippen molar-refractivity contribution in [3.63, 3.8) is 0 Å². The van der Waals surface area contributed by atoms with E-state index in [1.807, 2.05) is 24.3 Å². The number of H-pyrrole nitrogens is 1. The molecule has 3 heterocycles. The molecule has 0 aliphatic carbocycles. The molecular formula is C21H21N3O5. The predicted octanol–water partition coefficient (Wildman–Crippen LogP) is 1.92. The first kappa shape index (κ1) is 18.8. The van der Waals surface area contributed by atoms with Crippen molar-refractivity contribution >= 4 is 28.7 Å². The van der Waals surface area contributed by atoms with Gasteiger partial charge in [-0.25, -0.2) is 4.79 Å². The van der Waals surface area contributed by atoms with Gasteiger partial charge in [0, 0.05) is 36.5 Å². The number of nitrogens with zero attached hydrogens (tertiary/aromatic N) is 1. The summed E-state index contributed by atoms with van der Waals surface area (Å²) in [7, 11) is 0. The molecule has 2 aromatic heterocycles. The van der Waals surface area contributed by atoms with Crippen LogP contribution in [0.25, 0.3) is 10.9 Å². The quantitative estimate of drug-likeness (QED) is 0.565. The summed E-state index contributed by atoms with van der Waals surface area (Å²) in [6.45, 7) is 0.540. The Bertz CT molecular complexity index is 1040. The second kappa shape index (κ2) is 7.83. The zero-order chi connectivity index (χ0) is 20.4. The third-order valence-corrected chi connectivity index (χ3v) is 5.23. The Morgan fingerprint density at radius 1 is 1.28 bits per heavy atom. The number of carbonyl (C=O) groups is 3. The second-order valence-electron chi connectivity index (χ2n) is 7.22. The van der Waals surface area contributed by atoms with Gasteiger partial charge in [0.25, 0.3) is 0 Å². The van der Waals surface area contributed by atoms with Crippen molar-refractivity contribution in [1.29, 1.82) is 0 Å². The number of furan rings is 1. The van der Waals surface area contributed by atoms with E-state index in [0.717, 1.165) is 16.5 Å². The van der Waals surface area contributed by atoms with E-state index in [1.165, 1.54) is 6.26 Å². The highest BCUT2D eigenvalue weighted by atomic mass is 16.4. The summed E-state index contributed by atoms with van der Waals surface area (Å²) in [4.78, 5) is 41.3. The van der Waals surface area contributed by atoms with Crippen molar-refractivity contribution in [2.24, 2.45) is 5.92 Å². The minimum atomic E-state index is -1.11. The minimum Gasteiger partial charge on any atom is -0.480 e. The SMILES string of the molecule is O=C(N[C@@H](Cc1c[nH]c2ccccc12)C(=O)O)[C@H]1CC(=O)N(Cc2ccco2)C1. The molecule has 3 N–H and O–H groups in total. The molecule has 1 aliphatic rings. The van der Waals surface area contributed by atoms with Gasteiger partial charge in [-0.15, -0.1) is 0 Å². The summed E-state index contributed by atoms with van der Waals surface area (Å²) in [5, 5.41) is 13.1. The summed E-state index contributed by atoms with van der Waals surface area (Å²) in [6.07, 6.45) is 3.51. The standard InChI is InChI=1S/C21H21N3O5/c25-19-9-14(11-24(19)12-15-4-3-7-29-15)20(26)23-18(21(27)28)8-13-10-22-17-6-2-1-5-16(13)17/h1-7,10,14,18,22H,8-9,11-12H2,(H,23,26)(H,27,28)/t14-,18-/m0/s1. The van der Waals surface area contributed by atoms with E-state index in [1.54, 1.807) is 23.2 Å². The van der Waals surface area contributed by atoms with Gasteiger partial charge in [-0.05, 0) is 23.8 Å². The molecule has 0 saturated carbocycles. The number of rotatable bonds is 7. The van der Waals surface area contributed by atoms with Crippen LogP contribution in [0.4, 0.5) is 0 Å². The molecule has 29 heavy (non-hydrogen) atoms. The average Bonchev–Trinajstić information content (AvgIpc) is 3.43. The van der Waals surface area contributed by atoms with Crippen molar-refractivity contribution in [2.45, 2.75) is 25.4 Å². The fourth-order valence-electron chi connectivity index (χ4n) is 3.70. The van der Waals surface area contributed by atoms with E-state index >= 15 is 0 Å². The molecule has 8 heteroatoms. The summed E-state index contributed by atoms with van der Waals surface area (Å²) in [6, 6.07) is 10.0. The molecular weight excluding hydrogens is 374 g/mol. The lowest BCUT2D eigenvalue weighted by Crippen LogP contribution is -2.45. The number of aromatic amines is 1. The first-order valence-corrected chi connectivity index (χ1v) is 9.39. The first-order chi connectivity index (χ1) is 14.0. The summed E-state index contributed by atoms with van der Waals surface area (Å²) in [5.74, 6) is -1.62. The van der Waals surface area contributed by atoms with E-state index in [4.69, 9.17) is 4.42 Å². The Kier molecular flexibility index (Phi) is 5.07. The number of para-hydroxylation sites is 1. The van der Waals surface area contributed by atoms with Crippen LogP contribution in [-0.2, 0) is 27.3 Å². The summed E-state index contributed by atoms with van der Waals surface area (Å²) in [5.41, 5.74) is 1.73. The van der Waals surface area contributed by atoms with Gasteiger partial charge in [-0.3, -0.25) is 9.59 Å². The first-order valence-electron chi connectivity index (χ1n) is 9.39. The van der Waals surface area contributed by atoms with Crippen molar-refractivity contribution in [1.82, 2.24) is 15.2 Å². The molecule has 1 aromatic carbocycles. The number of carbonyl (C=O) groups excluding carboxylic acids is 2. The fraction of sp³-hybridized carbons (Fsp3) is 0.286. The number of amides is 2. The molecule has 3 aromatic rings. The molecule has 1 aliphatic heterocycles. The number of fused-ring (bicyclic) bond motifs is 1. The number of likely N-dealkylation sites (tertiary alicyclic amines) is 1. The number of carboxylic acid groups (broad SMARTS) is 1. The molecule has 150 valence electrons. The number of hydrogen-bond acceptors (Lipinski definition) is 4. The van der Waals surface area contributed by atoms with Crippen LogP contribution in [0.3, 0.4) is 0 Å². The monoisotopic (exact) mass is 395 g/mol. The Labute approximate surface area is 166 Å². The van der Waals surface area contributed by atoms with Gasteiger partial charge in [0.15, 0.2) is 0 Å². The van der Waals surface area contributed by atoms with Gasteiger partial charge in [-0.2, -0.15) is 0 Å². The third-order valence-electron chi connectivity index (χ3n) is 5.23. The Balaban J connectivity index is 1.41. The van der Waals surface area contributed by atoms with E-state index < -0.39 is 23.8 Å². The molecule has 8 nitrogen and oxygen atoms in total. The molecule has 1 fully saturated rings. The van der Waals surface area contributed by atoms with Crippen LogP contribution in [-0.4, -0.2) is 45.4 Å². The molecule has 0 unspecified atom stereocenters. The van der Waals surface area contributed by atoms with Crippen LogP contribution in [0.1, 0.15) is 17.7 Å². The minimum absolute atomic E-state index is 0.0615. The number of carboxylic acids is 1. The highest BCUT2D eigenvalue weighted by Gasteiger charge is 2.36. The Hall–Kier alpha value is -3.55. The topological polar surface area (TPSA) is 116 Å². The number of benzene rings is 1. The molecule has 2 atom stereocenters. The number of aliphatic carboxylic acids is 1. The van der Waals surface area contributed by atoms with Crippen molar-refractivity contribution in [3.05, 3.63) is 60.2 Å². The molecule has 0 radical (unpaired) electrons. The van der Waals surface area contributed by atoms with E-state index in [0.29, 0.717) is 12.3 Å².